The Kier molecular flexibility index (Phi) is 6.94. The maximum absolute atomic E-state index is 12.8. The lowest BCUT2D eigenvalue weighted by molar-refractivity contribution is -0.123. The fraction of sp³-hybridized carbons (Fsp3) is 0.450. The third kappa shape index (κ3) is 5.37. The van der Waals surface area contributed by atoms with Crippen LogP contribution >= 0.6 is 0 Å². The van der Waals surface area contributed by atoms with Gasteiger partial charge in [0.15, 0.2) is 0 Å². The molecule has 0 unspecified atom stereocenters. The molecule has 1 aromatic heterocycles. The van der Waals surface area contributed by atoms with E-state index in [0.29, 0.717) is 44.3 Å². The number of rotatable bonds is 8. The van der Waals surface area contributed by atoms with E-state index < -0.39 is 10.0 Å². The van der Waals surface area contributed by atoms with E-state index in [4.69, 9.17) is 9.15 Å². The van der Waals surface area contributed by atoms with E-state index in [-0.39, 0.29) is 23.4 Å². The fourth-order valence-electron chi connectivity index (χ4n) is 3.25. The lowest BCUT2D eigenvalue weighted by Crippen LogP contribution is -2.51. The molecule has 2 heterocycles. The number of sulfonamides is 1. The smallest absolute Gasteiger partial charge is 0.243 e. The van der Waals surface area contributed by atoms with Crippen molar-refractivity contribution in [2.75, 3.05) is 39.3 Å². The second-order valence-corrected chi connectivity index (χ2v) is 8.83. The van der Waals surface area contributed by atoms with Crippen LogP contribution in [0.15, 0.2) is 52.0 Å². The first-order valence-electron chi connectivity index (χ1n) is 9.68. The number of ether oxygens (including phenoxy) is 1. The molecular formula is C20H27N3O5S. The van der Waals surface area contributed by atoms with Gasteiger partial charge < -0.3 is 14.5 Å². The Morgan fingerprint density at radius 3 is 2.45 bits per heavy atom. The zero-order chi connectivity index (χ0) is 20.9. The summed E-state index contributed by atoms with van der Waals surface area (Å²) in [6.45, 7) is 6.18. The second-order valence-electron chi connectivity index (χ2n) is 6.89. The average Bonchev–Trinajstić information content (AvgIpc) is 3.24. The summed E-state index contributed by atoms with van der Waals surface area (Å²) in [4.78, 5) is 14.5. The van der Waals surface area contributed by atoms with Gasteiger partial charge in [-0.15, -0.1) is 0 Å². The predicted molar refractivity (Wildman–Crippen MR) is 108 cm³/mol. The lowest BCUT2D eigenvalue weighted by Gasteiger charge is -2.33. The maximum atomic E-state index is 12.8. The Balaban J connectivity index is 1.51. The average molecular weight is 422 g/mol. The Labute approximate surface area is 171 Å². The van der Waals surface area contributed by atoms with Gasteiger partial charge in [0.1, 0.15) is 11.5 Å². The van der Waals surface area contributed by atoms with Crippen LogP contribution in [0.3, 0.4) is 0 Å². The summed E-state index contributed by atoms with van der Waals surface area (Å²) in [5.41, 5.74) is 0. The van der Waals surface area contributed by atoms with Crippen LogP contribution in [0.25, 0.3) is 0 Å². The van der Waals surface area contributed by atoms with E-state index in [9.17, 15) is 13.2 Å². The van der Waals surface area contributed by atoms with Crippen LogP contribution in [-0.2, 0) is 14.8 Å². The van der Waals surface area contributed by atoms with Crippen molar-refractivity contribution in [3.63, 3.8) is 0 Å². The molecule has 2 aromatic rings. The van der Waals surface area contributed by atoms with E-state index in [1.807, 2.05) is 24.8 Å². The van der Waals surface area contributed by atoms with Crippen molar-refractivity contribution < 1.29 is 22.4 Å². The van der Waals surface area contributed by atoms with E-state index in [1.165, 1.54) is 4.31 Å². The zero-order valence-corrected chi connectivity index (χ0v) is 17.5. The quantitative estimate of drug-likeness (QED) is 0.700. The van der Waals surface area contributed by atoms with Gasteiger partial charge >= 0.3 is 0 Å². The van der Waals surface area contributed by atoms with Crippen LogP contribution in [0.5, 0.6) is 5.75 Å². The zero-order valence-electron chi connectivity index (χ0n) is 16.7. The van der Waals surface area contributed by atoms with Gasteiger partial charge in [-0.2, -0.15) is 4.31 Å². The highest BCUT2D eigenvalue weighted by atomic mass is 32.2. The predicted octanol–water partition coefficient (Wildman–Crippen LogP) is 1.86. The summed E-state index contributed by atoms with van der Waals surface area (Å²) in [5, 5.41) is 2.89. The molecule has 0 radical (unpaired) electrons. The largest absolute Gasteiger partial charge is 0.494 e. The van der Waals surface area contributed by atoms with Crippen molar-refractivity contribution in [1.29, 1.82) is 0 Å². The van der Waals surface area contributed by atoms with Crippen LogP contribution in [0, 0.1) is 0 Å². The first-order chi connectivity index (χ1) is 13.9. The molecule has 1 fully saturated rings. The van der Waals surface area contributed by atoms with Crippen molar-refractivity contribution >= 4 is 15.9 Å². The van der Waals surface area contributed by atoms with E-state index in [2.05, 4.69) is 5.32 Å². The van der Waals surface area contributed by atoms with Gasteiger partial charge in [-0.1, -0.05) is 0 Å². The molecule has 1 atom stereocenters. The fourth-order valence-corrected chi connectivity index (χ4v) is 4.67. The number of carbonyl (C=O) groups is 1. The molecule has 1 aliphatic rings. The number of nitrogens with zero attached hydrogens (tertiary/aromatic N) is 2. The molecule has 1 N–H and O–H groups in total. The van der Waals surface area contributed by atoms with Crippen LogP contribution in [0.4, 0.5) is 0 Å². The molecule has 0 spiro atoms. The van der Waals surface area contributed by atoms with Gasteiger partial charge in [0.05, 0.1) is 30.4 Å². The number of piperazine rings is 1. The number of hydrogen-bond donors (Lipinski definition) is 1. The van der Waals surface area contributed by atoms with Gasteiger partial charge in [-0.3, -0.25) is 9.69 Å². The van der Waals surface area contributed by atoms with Crippen molar-refractivity contribution in [2.45, 2.75) is 24.8 Å². The van der Waals surface area contributed by atoms with Gasteiger partial charge in [0.25, 0.3) is 0 Å². The van der Waals surface area contributed by atoms with E-state index >= 15 is 0 Å². The molecule has 1 aromatic carbocycles. The minimum atomic E-state index is -3.56. The third-order valence-electron chi connectivity index (χ3n) is 4.82. The summed E-state index contributed by atoms with van der Waals surface area (Å²) in [7, 11) is -3.56. The summed E-state index contributed by atoms with van der Waals surface area (Å²) in [5.74, 6) is 1.23. The van der Waals surface area contributed by atoms with Crippen molar-refractivity contribution in [3.8, 4) is 5.75 Å². The lowest BCUT2D eigenvalue weighted by atomic mass is 10.2. The Morgan fingerprint density at radius 2 is 1.86 bits per heavy atom. The third-order valence-corrected chi connectivity index (χ3v) is 6.73. The van der Waals surface area contributed by atoms with Crippen LogP contribution in [0.1, 0.15) is 25.6 Å². The SMILES string of the molecule is CCOc1ccc(S(=O)(=O)N2CCN(CC(=O)N[C@H](C)c3ccco3)CC2)cc1. The monoisotopic (exact) mass is 421 g/mol. The number of carbonyl (C=O) groups excluding carboxylic acids is 1. The molecule has 29 heavy (non-hydrogen) atoms. The van der Waals surface area contributed by atoms with E-state index in [0.717, 1.165) is 0 Å². The number of amides is 1. The van der Waals surface area contributed by atoms with Gasteiger partial charge in [-0.05, 0) is 50.2 Å². The highest BCUT2D eigenvalue weighted by molar-refractivity contribution is 7.89. The van der Waals surface area contributed by atoms with Crippen molar-refractivity contribution in [3.05, 3.63) is 48.4 Å². The summed E-state index contributed by atoms with van der Waals surface area (Å²) < 4.78 is 37.8. The van der Waals surface area contributed by atoms with E-state index in [1.54, 1.807) is 36.6 Å². The number of nitrogens with one attached hydrogen (secondary N) is 1. The van der Waals surface area contributed by atoms with Crippen molar-refractivity contribution in [2.24, 2.45) is 0 Å². The molecule has 158 valence electrons. The Hall–Kier alpha value is -2.36. The second kappa shape index (κ2) is 9.43. The van der Waals surface area contributed by atoms with Crippen LogP contribution in [0.2, 0.25) is 0 Å². The molecule has 0 bridgehead atoms. The van der Waals surface area contributed by atoms with Crippen molar-refractivity contribution in [1.82, 2.24) is 14.5 Å². The van der Waals surface area contributed by atoms with Crippen LogP contribution in [-0.4, -0.2) is 62.9 Å². The molecule has 1 saturated heterocycles. The standard InChI is InChI=1S/C20H27N3O5S/c1-3-27-17-6-8-18(9-7-17)29(25,26)23-12-10-22(11-13-23)15-20(24)21-16(2)19-5-4-14-28-19/h4-9,14,16H,3,10-13,15H2,1-2H3,(H,21,24)/t16-/m1/s1. The number of hydrogen-bond acceptors (Lipinski definition) is 6. The molecular weight excluding hydrogens is 394 g/mol. The van der Waals surface area contributed by atoms with Crippen LogP contribution < -0.4 is 10.1 Å². The molecule has 8 nitrogen and oxygen atoms in total. The number of benzene rings is 1. The summed E-state index contributed by atoms with van der Waals surface area (Å²) >= 11 is 0. The highest BCUT2D eigenvalue weighted by Crippen LogP contribution is 2.21. The Bertz CT molecular complexity index is 889. The van der Waals surface area contributed by atoms with Gasteiger partial charge in [0.2, 0.25) is 15.9 Å². The molecule has 0 saturated carbocycles. The molecule has 1 amide bonds. The number of furan rings is 1. The summed E-state index contributed by atoms with van der Waals surface area (Å²) in [6.07, 6.45) is 1.57. The summed E-state index contributed by atoms with van der Waals surface area (Å²) in [6, 6.07) is 9.84. The first kappa shape index (κ1) is 21.4. The molecule has 1 aliphatic heterocycles. The molecule has 3 rings (SSSR count). The minimum absolute atomic E-state index is 0.114. The Morgan fingerprint density at radius 1 is 1.17 bits per heavy atom. The minimum Gasteiger partial charge on any atom is -0.494 e. The normalized spacial score (nSPS) is 17.0. The van der Waals surface area contributed by atoms with Gasteiger partial charge in [-0.25, -0.2) is 8.42 Å². The van der Waals surface area contributed by atoms with Gasteiger partial charge in [0, 0.05) is 26.2 Å². The molecule has 0 aliphatic carbocycles. The first-order valence-corrected chi connectivity index (χ1v) is 11.1. The maximum Gasteiger partial charge on any atom is 0.243 e. The topological polar surface area (TPSA) is 92.1 Å². The molecule has 9 heteroatoms. The highest BCUT2D eigenvalue weighted by Gasteiger charge is 2.29.